The number of methoxy groups -OCH3 is 1. The Bertz CT molecular complexity index is 1360. The minimum atomic E-state index is -0.803. The number of nitrogens with zero attached hydrogens (tertiary/aromatic N) is 1. The van der Waals surface area contributed by atoms with E-state index in [1.807, 2.05) is 37.3 Å². The molecule has 0 aliphatic carbocycles. The standard InChI is InChI=1S/C26H20Br2N2O5/c1-15-10-18(8-9-20(15)27)30-25(32)19(24(31)29-26(30)33)11-17-12-21(28)23(22(13-17)34-2)35-14-16-6-4-3-5-7-16/h3-13H,14H2,1-2H3,(H,29,31,33)/b19-11+. The van der Waals surface area contributed by atoms with Crippen LogP contribution in [0.1, 0.15) is 16.7 Å². The van der Waals surface area contributed by atoms with Gasteiger partial charge in [0, 0.05) is 4.47 Å². The van der Waals surface area contributed by atoms with Crippen LogP contribution in [-0.2, 0) is 16.2 Å². The van der Waals surface area contributed by atoms with E-state index in [0.29, 0.717) is 33.8 Å². The zero-order chi connectivity index (χ0) is 25.1. The second-order valence-electron chi connectivity index (χ2n) is 7.70. The second-order valence-corrected chi connectivity index (χ2v) is 9.41. The van der Waals surface area contributed by atoms with E-state index in [1.165, 1.54) is 13.2 Å². The van der Waals surface area contributed by atoms with Crippen molar-refractivity contribution < 1.29 is 23.9 Å². The van der Waals surface area contributed by atoms with Crippen LogP contribution in [0.4, 0.5) is 10.5 Å². The molecule has 1 saturated heterocycles. The number of hydrogen-bond acceptors (Lipinski definition) is 5. The Hall–Kier alpha value is -3.43. The molecule has 0 saturated carbocycles. The van der Waals surface area contributed by atoms with Crippen LogP contribution in [0.5, 0.6) is 11.5 Å². The summed E-state index contributed by atoms with van der Waals surface area (Å²) in [4.78, 5) is 39.2. The maximum atomic E-state index is 13.2. The van der Waals surface area contributed by atoms with E-state index in [0.717, 1.165) is 20.5 Å². The van der Waals surface area contributed by atoms with E-state index in [9.17, 15) is 14.4 Å². The van der Waals surface area contributed by atoms with Crippen LogP contribution in [0.25, 0.3) is 6.08 Å². The fourth-order valence-electron chi connectivity index (χ4n) is 3.52. The van der Waals surface area contributed by atoms with Crippen LogP contribution < -0.4 is 19.7 Å². The van der Waals surface area contributed by atoms with E-state index < -0.39 is 17.8 Å². The Labute approximate surface area is 219 Å². The average Bonchev–Trinajstić information content (AvgIpc) is 2.83. The molecule has 1 aliphatic rings. The van der Waals surface area contributed by atoms with Gasteiger partial charge in [0.2, 0.25) is 0 Å². The first-order chi connectivity index (χ1) is 16.8. The van der Waals surface area contributed by atoms with Crippen LogP contribution in [0, 0.1) is 6.92 Å². The molecule has 1 heterocycles. The second kappa shape index (κ2) is 10.5. The van der Waals surface area contributed by atoms with Crippen molar-refractivity contribution in [1.29, 1.82) is 0 Å². The highest BCUT2D eigenvalue weighted by molar-refractivity contribution is 9.10. The molecule has 4 amide bonds. The van der Waals surface area contributed by atoms with Crippen LogP contribution in [0.2, 0.25) is 0 Å². The summed E-state index contributed by atoms with van der Waals surface area (Å²) in [6, 6.07) is 17.3. The first-order valence-corrected chi connectivity index (χ1v) is 12.1. The van der Waals surface area contributed by atoms with Crippen molar-refractivity contribution in [2.45, 2.75) is 13.5 Å². The highest BCUT2D eigenvalue weighted by atomic mass is 79.9. The molecule has 1 aliphatic heterocycles. The van der Waals surface area contributed by atoms with Crippen LogP contribution in [0.15, 0.2) is 75.2 Å². The van der Waals surface area contributed by atoms with Gasteiger partial charge in [-0.1, -0.05) is 46.3 Å². The summed E-state index contributed by atoms with van der Waals surface area (Å²) in [5.41, 5.74) is 2.52. The van der Waals surface area contributed by atoms with Gasteiger partial charge in [-0.25, -0.2) is 9.69 Å². The summed E-state index contributed by atoms with van der Waals surface area (Å²) in [5.74, 6) is -0.591. The summed E-state index contributed by atoms with van der Waals surface area (Å²) < 4.78 is 12.9. The van der Waals surface area contributed by atoms with Crippen molar-refractivity contribution in [2.24, 2.45) is 0 Å². The zero-order valence-electron chi connectivity index (χ0n) is 18.8. The first-order valence-electron chi connectivity index (χ1n) is 10.5. The van der Waals surface area contributed by atoms with Gasteiger partial charge >= 0.3 is 6.03 Å². The maximum Gasteiger partial charge on any atom is 0.335 e. The third-order valence-electron chi connectivity index (χ3n) is 5.29. The summed E-state index contributed by atoms with van der Waals surface area (Å²) in [6.07, 6.45) is 1.41. The molecule has 1 N–H and O–H groups in total. The Morgan fingerprint density at radius 3 is 2.40 bits per heavy atom. The van der Waals surface area contributed by atoms with Gasteiger partial charge in [0.15, 0.2) is 11.5 Å². The molecule has 0 atom stereocenters. The molecular weight excluding hydrogens is 580 g/mol. The number of rotatable bonds is 6. The smallest absolute Gasteiger partial charge is 0.335 e. The van der Waals surface area contributed by atoms with Gasteiger partial charge < -0.3 is 9.47 Å². The number of imide groups is 2. The van der Waals surface area contributed by atoms with E-state index in [1.54, 1.807) is 30.3 Å². The monoisotopic (exact) mass is 598 g/mol. The van der Waals surface area contributed by atoms with Gasteiger partial charge in [0.25, 0.3) is 11.8 Å². The third-order valence-corrected chi connectivity index (χ3v) is 6.77. The van der Waals surface area contributed by atoms with Gasteiger partial charge in [-0.3, -0.25) is 14.9 Å². The van der Waals surface area contributed by atoms with Crippen molar-refractivity contribution in [3.8, 4) is 11.5 Å². The number of carbonyl (C=O) groups excluding carboxylic acids is 3. The number of halogens is 2. The molecule has 178 valence electrons. The van der Waals surface area contributed by atoms with Crippen molar-refractivity contribution in [1.82, 2.24) is 5.32 Å². The molecule has 9 heteroatoms. The van der Waals surface area contributed by atoms with Crippen molar-refractivity contribution in [2.75, 3.05) is 12.0 Å². The average molecular weight is 600 g/mol. The third kappa shape index (κ3) is 5.31. The molecule has 3 aromatic rings. The van der Waals surface area contributed by atoms with E-state index >= 15 is 0 Å². The predicted molar refractivity (Wildman–Crippen MR) is 139 cm³/mol. The Morgan fingerprint density at radius 1 is 0.971 bits per heavy atom. The Kier molecular flexibility index (Phi) is 7.37. The largest absolute Gasteiger partial charge is 0.493 e. The number of anilines is 1. The molecule has 0 aromatic heterocycles. The van der Waals surface area contributed by atoms with E-state index in [2.05, 4.69) is 37.2 Å². The quantitative estimate of drug-likeness (QED) is 0.287. The van der Waals surface area contributed by atoms with Gasteiger partial charge in [-0.2, -0.15) is 0 Å². The fraction of sp³-hybridized carbons (Fsp3) is 0.115. The number of urea groups is 1. The number of hydrogen-bond donors (Lipinski definition) is 1. The SMILES string of the molecule is COc1cc(/C=C2\C(=O)NC(=O)N(c3ccc(Br)c(C)c3)C2=O)cc(Br)c1OCc1ccccc1. The lowest BCUT2D eigenvalue weighted by Gasteiger charge is -2.26. The first kappa shape index (κ1) is 24.7. The van der Waals surface area contributed by atoms with Gasteiger partial charge in [0.05, 0.1) is 17.3 Å². The molecule has 1 fully saturated rings. The molecule has 0 bridgehead atoms. The summed E-state index contributed by atoms with van der Waals surface area (Å²) in [6.45, 7) is 2.17. The molecule has 4 rings (SSSR count). The van der Waals surface area contributed by atoms with Gasteiger partial charge in [-0.05, 0) is 76.0 Å². The predicted octanol–water partition coefficient (Wildman–Crippen LogP) is 5.77. The lowest BCUT2D eigenvalue weighted by atomic mass is 10.1. The number of nitrogens with one attached hydrogen (secondary N) is 1. The van der Waals surface area contributed by atoms with Crippen LogP contribution in [0.3, 0.4) is 0 Å². The van der Waals surface area contributed by atoms with E-state index in [-0.39, 0.29) is 5.57 Å². The van der Waals surface area contributed by atoms with Crippen LogP contribution >= 0.6 is 31.9 Å². The Balaban J connectivity index is 1.65. The van der Waals surface area contributed by atoms with Gasteiger partial charge in [0.1, 0.15) is 12.2 Å². The molecule has 3 aromatic carbocycles. The minimum absolute atomic E-state index is 0.183. The number of benzene rings is 3. The molecule has 0 spiro atoms. The zero-order valence-corrected chi connectivity index (χ0v) is 22.0. The highest BCUT2D eigenvalue weighted by Gasteiger charge is 2.37. The van der Waals surface area contributed by atoms with Crippen molar-refractivity contribution in [3.05, 3.63) is 91.9 Å². The lowest BCUT2D eigenvalue weighted by Crippen LogP contribution is -2.54. The molecule has 35 heavy (non-hydrogen) atoms. The lowest BCUT2D eigenvalue weighted by molar-refractivity contribution is -0.122. The molecular formula is C26H20Br2N2O5. The summed E-state index contributed by atoms with van der Waals surface area (Å²) >= 11 is 6.90. The van der Waals surface area contributed by atoms with Crippen molar-refractivity contribution in [3.63, 3.8) is 0 Å². The normalized spacial score (nSPS) is 14.8. The number of carbonyl (C=O) groups is 3. The molecule has 7 nitrogen and oxygen atoms in total. The number of aryl methyl sites for hydroxylation is 1. The summed E-state index contributed by atoms with van der Waals surface area (Å²) in [5, 5.41) is 2.24. The van der Waals surface area contributed by atoms with E-state index in [4.69, 9.17) is 9.47 Å². The fourth-order valence-corrected chi connectivity index (χ4v) is 4.34. The number of ether oxygens (including phenoxy) is 2. The highest BCUT2D eigenvalue weighted by Crippen LogP contribution is 2.38. The minimum Gasteiger partial charge on any atom is -0.493 e. The number of amides is 4. The topological polar surface area (TPSA) is 84.9 Å². The number of barbiturate groups is 1. The van der Waals surface area contributed by atoms with Crippen LogP contribution in [-0.4, -0.2) is 25.0 Å². The van der Waals surface area contributed by atoms with Gasteiger partial charge in [-0.15, -0.1) is 0 Å². The molecule has 0 unspecified atom stereocenters. The maximum absolute atomic E-state index is 13.2. The Morgan fingerprint density at radius 2 is 1.71 bits per heavy atom. The molecule has 0 radical (unpaired) electrons. The summed E-state index contributed by atoms with van der Waals surface area (Å²) in [7, 11) is 1.50. The van der Waals surface area contributed by atoms with Crippen molar-refractivity contribution >= 4 is 61.5 Å².